The highest BCUT2D eigenvalue weighted by atomic mass is 19.3. The SMILES string of the molecule is N#Cc1cc(NC(=O)c2c3ccc(F)cc3nn2CC2CCC(F)(F)CC2)ccc1F. The van der Waals surface area contributed by atoms with Gasteiger partial charge in [0.25, 0.3) is 5.91 Å². The van der Waals surface area contributed by atoms with Crippen LogP contribution in [0.3, 0.4) is 0 Å². The molecule has 5 nitrogen and oxygen atoms in total. The van der Waals surface area contributed by atoms with E-state index in [0.717, 1.165) is 6.07 Å². The fourth-order valence-corrected chi connectivity index (χ4v) is 3.88. The van der Waals surface area contributed by atoms with Crippen LogP contribution in [0.15, 0.2) is 36.4 Å². The lowest BCUT2D eigenvalue weighted by Crippen LogP contribution is -2.28. The van der Waals surface area contributed by atoms with Crippen LogP contribution in [0.25, 0.3) is 10.9 Å². The van der Waals surface area contributed by atoms with Crippen molar-refractivity contribution < 1.29 is 22.4 Å². The highest BCUT2D eigenvalue weighted by Crippen LogP contribution is 2.37. The standard InChI is InChI=1S/C22H18F4N4O/c23-15-1-3-17-19(10-15)29-30(12-13-5-7-22(25,26)8-6-13)20(17)21(31)28-16-2-4-18(24)14(9-16)11-27/h1-4,9-10,13H,5-8,12H2,(H,28,31). The van der Waals surface area contributed by atoms with E-state index in [1.165, 1.54) is 35.0 Å². The monoisotopic (exact) mass is 430 g/mol. The minimum absolute atomic E-state index is 0.0960. The van der Waals surface area contributed by atoms with Gasteiger partial charge in [-0.3, -0.25) is 9.48 Å². The second-order valence-corrected chi connectivity index (χ2v) is 7.75. The Balaban J connectivity index is 1.66. The molecule has 2 aromatic carbocycles. The lowest BCUT2D eigenvalue weighted by molar-refractivity contribution is -0.0476. The molecule has 1 N–H and O–H groups in total. The zero-order chi connectivity index (χ0) is 22.2. The predicted molar refractivity (Wildman–Crippen MR) is 106 cm³/mol. The number of alkyl halides is 2. The molecule has 1 aliphatic rings. The maximum absolute atomic E-state index is 13.7. The van der Waals surface area contributed by atoms with Crippen molar-refractivity contribution in [2.75, 3.05) is 5.32 Å². The van der Waals surface area contributed by atoms with Crippen molar-refractivity contribution in [1.29, 1.82) is 5.26 Å². The second kappa shape index (κ2) is 8.02. The molecule has 0 unspecified atom stereocenters. The van der Waals surface area contributed by atoms with Crippen molar-refractivity contribution in [2.45, 2.75) is 38.2 Å². The highest BCUT2D eigenvalue weighted by Gasteiger charge is 2.35. The average Bonchev–Trinajstić information content (AvgIpc) is 3.08. The Morgan fingerprint density at radius 1 is 1.19 bits per heavy atom. The number of fused-ring (bicyclic) bond motifs is 1. The van der Waals surface area contributed by atoms with Gasteiger partial charge in [-0.05, 0) is 49.1 Å². The number of hydrogen-bond donors (Lipinski definition) is 1. The molecule has 0 aliphatic heterocycles. The first kappa shape index (κ1) is 20.8. The first-order valence-electron chi connectivity index (χ1n) is 9.81. The topological polar surface area (TPSA) is 70.7 Å². The molecule has 0 bridgehead atoms. The van der Waals surface area contributed by atoms with Crippen LogP contribution in [0.2, 0.25) is 0 Å². The number of benzene rings is 2. The lowest BCUT2D eigenvalue weighted by Gasteiger charge is -2.28. The minimum atomic E-state index is -2.67. The molecule has 1 aliphatic carbocycles. The molecule has 1 saturated carbocycles. The maximum atomic E-state index is 13.7. The largest absolute Gasteiger partial charge is 0.321 e. The van der Waals surface area contributed by atoms with Crippen molar-refractivity contribution in [1.82, 2.24) is 9.78 Å². The highest BCUT2D eigenvalue weighted by molar-refractivity contribution is 6.11. The van der Waals surface area contributed by atoms with Gasteiger partial charge >= 0.3 is 0 Å². The summed E-state index contributed by atoms with van der Waals surface area (Å²) in [6, 6.07) is 9.14. The average molecular weight is 430 g/mol. The zero-order valence-corrected chi connectivity index (χ0v) is 16.3. The van der Waals surface area contributed by atoms with E-state index in [2.05, 4.69) is 10.4 Å². The van der Waals surface area contributed by atoms with E-state index >= 15 is 0 Å². The summed E-state index contributed by atoms with van der Waals surface area (Å²) in [4.78, 5) is 13.1. The zero-order valence-electron chi connectivity index (χ0n) is 16.3. The van der Waals surface area contributed by atoms with Crippen LogP contribution >= 0.6 is 0 Å². The van der Waals surface area contributed by atoms with Crippen LogP contribution < -0.4 is 5.32 Å². The summed E-state index contributed by atoms with van der Waals surface area (Å²) >= 11 is 0. The van der Waals surface area contributed by atoms with E-state index in [9.17, 15) is 22.4 Å². The normalized spacial score (nSPS) is 16.2. The van der Waals surface area contributed by atoms with Crippen LogP contribution in [-0.4, -0.2) is 21.6 Å². The molecule has 1 aromatic heterocycles. The van der Waals surface area contributed by atoms with E-state index < -0.39 is 23.5 Å². The van der Waals surface area contributed by atoms with E-state index in [4.69, 9.17) is 5.26 Å². The minimum Gasteiger partial charge on any atom is -0.321 e. The van der Waals surface area contributed by atoms with Crippen molar-refractivity contribution in [2.24, 2.45) is 5.92 Å². The van der Waals surface area contributed by atoms with Gasteiger partial charge in [0, 0.05) is 36.5 Å². The summed E-state index contributed by atoms with van der Waals surface area (Å²) in [5, 5.41) is 16.3. The van der Waals surface area contributed by atoms with Crippen LogP contribution in [0.1, 0.15) is 41.7 Å². The van der Waals surface area contributed by atoms with Gasteiger partial charge in [-0.15, -0.1) is 0 Å². The third-order valence-electron chi connectivity index (χ3n) is 5.53. The Bertz CT molecular complexity index is 1190. The molecule has 9 heteroatoms. The van der Waals surface area contributed by atoms with Gasteiger partial charge in [0.15, 0.2) is 0 Å². The van der Waals surface area contributed by atoms with E-state index in [-0.39, 0.29) is 47.8 Å². The Kier molecular flexibility index (Phi) is 5.39. The van der Waals surface area contributed by atoms with Crippen LogP contribution in [0.4, 0.5) is 23.2 Å². The van der Waals surface area contributed by atoms with Crippen molar-refractivity contribution in [3.8, 4) is 6.07 Å². The smallest absolute Gasteiger partial charge is 0.274 e. The van der Waals surface area contributed by atoms with E-state index in [1.807, 2.05) is 0 Å². The first-order valence-corrected chi connectivity index (χ1v) is 9.81. The number of amides is 1. The quantitative estimate of drug-likeness (QED) is 0.574. The fourth-order valence-electron chi connectivity index (χ4n) is 3.88. The molecule has 1 heterocycles. The molecule has 1 fully saturated rings. The lowest BCUT2D eigenvalue weighted by atomic mass is 9.87. The summed E-state index contributed by atoms with van der Waals surface area (Å²) in [5.41, 5.74) is 0.405. The maximum Gasteiger partial charge on any atom is 0.274 e. The Morgan fingerprint density at radius 3 is 2.65 bits per heavy atom. The summed E-state index contributed by atoms with van der Waals surface area (Å²) in [5.74, 6) is -4.57. The number of rotatable bonds is 4. The van der Waals surface area contributed by atoms with E-state index in [1.54, 1.807) is 6.07 Å². The number of carbonyl (C=O) groups excluding carboxylic acids is 1. The van der Waals surface area contributed by atoms with E-state index in [0.29, 0.717) is 18.2 Å². The van der Waals surface area contributed by atoms with Gasteiger partial charge in [0.2, 0.25) is 5.92 Å². The van der Waals surface area contributed by atoms with Gasteiger partial charge in [-0.1, -0.05) is 0 Å². The number of hydrogen-bond acceptors (Lipinski definition) is 3. The Hall–Kier alpha value is -3.41. The molecule has 0 saturated heterocycles. The molecule has 4 rings (SSSR count). The number of anilines is 1. The number of carbonyl (C=O) groups is 1. The summed E-state index contributed by atoms with van der Waals surface area (Å²) < 4.78 is 55.7. The van der Waals surface area contributed by atoms with Crippen LogP contribution in [0.5, 0.6) is 0 Å². The summed E-state index contributed by atoms with van der Waals surface area (Å²) in [6.45, 7) is 0.238. The third kappa shape index (κ3) is 4.38. The molecule has 31 heavy (non-hydrogen) atoms. The molecular weight excluding hydrogens is 412 g/mol. The number of aromatic nitrogens is 2. The first-order chi connectivity index (χ1) is 14.8. The van der Waals surface area contributed by atoms with Gasteiger partial charge in [0.05, 0.1) is 11.1 Å². The molecule has 3 aromatic rings. The summed E-state index contributed by atoms with van der Waals surface area (Å²) in [7, 11) is 0. The van der Waals surface area contributed by atoms with Gasteiger partial charge in [-0.25, -0.2) is 17.6 Å². The number of nitrogens with one attached hydrogen (secondary N) is 1. The molecule has 160 valence electrons. The Labute approximate surface area is 175 Å². The predicted octanol–water partition coefficient (Wildman–Crippen LogP) is 5.26. The second-order valence-electron chi connectivity index (χ2n) is 7.75. The van der Waals surface area contributed by atoms with Crippen molar-refractivity contribution in [3.05, 3.63) is 59.3 Å². The number of halogens is 4. The van der Waals surface area contributed by atoms with Crippen molar-refractivity contribution in [3.63, 3.8) is 0 Å². The summed E-state index contributed by atoms with van der Waals surface area (Å²) in [6.07, 6.45) is 0.145. The fraction of sp³-hybridized carbons (Fsp3) is 0.318. The molecule has 0 spiro atoms. The van der Waals surface area contributed by atoms with Crippen LogP contribution in [0, 0.1) is 28.9 Å². The van der Waals surface area contributed by atoms with Crippen LogP contribution in [-0.2, 0) is 6.54 Å². The van der Waals surface area contributed by atoms with Gasteiger partial charge in [0.1, 0.15) is 23.4 Å². The Morgan fingerprint density at radius 2 is 1.94 bits per heavy atom. The number of nitriles is 1. The number of nitrogens with zero attached hydrogens (tertiary/aromatic N) is 3. The molecule has 1 amide bonds. The van der Waals surface area contributed by atoms with Gasteiger partial charge < -0.3 is 5.32 Å². The molecule has 0 radical (unpaired) electrons. The molecule has 0 atom stereocenters. The van der Waals surface area contributed by atoms with Gasteiger partial charge in [-0.2, -0.15) is 10.4 Å². The molecular formula is C22H18F4N4O. The van der Waals surface area contributed by atoms with Crippen molar-refractivity contribution >= 4 is 22.5 Å². The third-order valence-corrected chi connectivity index (χ3v) is 5.53.